The molecular formula is C21H30N2O5. The zero-order chi connectivity index (χ0) is 22.9. The lowest BCUT2D eigenvalue weighted by atomic mass is 9.96. The first-order valence-corrected chi connectivity index (χ1v) is 9.50. The quantitative estimate of drug-likeness (QED) is 0.784. The standard InChI is InChI=1S/C21H30N2O5/c1-20(2,3)28-19(25)23-17-10-11-21(23,15-26-4)14-22(12-17)18(24)27-13-16-8-6-5-7-9-16/h5-9,17H,10-15H2,1-4H3/t17-,21+/m0/s1/i4D3. The summed E-state index contributed by atoms with van der Waals surface area (Å²) in [6.45, 7) is 5.65. The second-order valence-electron chi connectivity index (χ2n) is 8.48. The van der Waals surface area contributed by atoms with Gasteiger partial charge in [0.15, 0.2) is 0 Å². The summed E-state index contributed by atoms with van der Waals surface area (Å²) in [4.78, 5) is 28.8. The predicted molar refractivity (Wildman–Crippen MR) is 104 cm³/mol. The number of nitrogens with zero attached hydrogens (tertiary/aromatic N) is 2. The highest BCUT2D eigenvalue weighted by atomic mass is 16.6. The van der Waals surface area contributed by atoms with E-state index in [0.29, 0.717) is 19.4 Å². The van der Waals surface area contributed by atoms with Crippen LogP contribution in [0.3, 0.4) is 0 Å². The Hall–Kier alpha value is -2.28. The van der Waals surface area contributed by atoms with Crippen molar-refractivity contribution < 1.29 is 27.9 Å². The van der Waals surface area contributed by atoms with Crippen molar-refractivity contribution in [3.8, 4) is 0 Å². The van der Waals surface area contributed by atoms with Gasteiger partial charge in [0.1, 0.15) is 12.2 Å². The number of hydrogen-bond acceptors (Lipinski definition) is 5. The Kier molecular flexibility index (Phi) is 4.75. The van der Waals surface area contributed by atoms with Crippen LogP contribution < -0.4 is 0 Å². The molecule has 0 radical (unpaired) electrons. The largest absolute Gasteiger partial charge is 0.445 e. The molecule has 0 aromatic heterocycles. The van der Waals surface area contributed by atoms with Gasteiger partial charge >= 0.3 is 12.2 Å². The molecule has 2 bridgehead atoms. The van der Waals surface area contributed by atoms with Crippen LogP contribution in [0.5, 0.6) is 0 Å². The average Bonchev–Trinajstić information content (AvgIpc) is 2.91. The topological polar surface area (TPSA) is 68.3 Å². The van der Waals surface area contributed by atoms with Gasteiger partial charge in [0, 0.05) is 20.1 Å². The Balaban J connectivity index is 1.75. The summed E-state index contributed by atoms with van der Waals surface area (Å²) < 4.78 is 38.4. The number of methoxy groups -OCH3 is 1. The maximum atomic E-state index is 13.0. The fraction of sp³-hybridized carbons (Fsp3) is 0.619. The molecule has 2 atom stereocenters. The van der Waals surface area contributed by atoms with E-state index in [-0.39, 0.29) is 25.8 Å². The zero-order valence-electron chi connectivity index (χ0n) is 19.6. The second kappa shape index (κ2) is 7.99. The average molecular weight is 393 g/mol. The Morgan fingerprint density at radius 1 is 1.25 bits per heavy atom. The monoisotopic (exact) mass is 393 g/mol. The molecular weight excluding hydrogens is 360 g/mol. The Morgan fingerprint density at radius 3 is 2.68 bits per heavy atom. The van der Waals surface area contributed by atoms with E-state index in [1.165, 1.54) is 4.90 Å². The molecule has 1 aromatic carbocycles. The van der Waals surface area contributed by atoms with Gasteiger partial charge in [0.05, 0.1) is 22.3 Å². The zero-order valence-corrected chi connectivity index (χ0v) is 16.6. The first-order valence-electron chi connectivity index (χ1n) is 11.0. The summed E-state index contributed by atoms with van der Waals surface area (Å²) in [5.41, 5.74) is -0.814. The van der Waals surface area contributed by atoms with Crippen molar-refractivity contribution in [1.29, 1.82) is 0 Å². The molecule has 0 unspecified atom stereocenters. The molecule has 7 heteroatoms. The molecule has 2 heterocycles. The summed E-state index contributed by atoms with van der Waals surface area (Å²) in [5.74, 6) is 0. The number of likely N-dealkylation sites (tertiary alicyclic amines) is 1. The lowest BCUT2D eigenvalue weighted by Gasteiger charge is -2.48. The van der Waals surface area contributed by atoms with Crippen molar-refractivity contribution >= 4 is 12.2 Å². The van der Waals surface area contributed by atoms with E-state index in [2.05, 4.69) is 0 Å². The van der Waals surface area contributed by atoms with Crippen LogP contribution in [0.1, 0.15) is 43.3 Å². The lowest BCUT2D eigenvalue weighted by Crippen LogP contribution is -2.66. The molecule has 0 N–H and O–H groups in total. The second-order valence-corrected chi connectivity index (χ2v) is 8.48. The van der Waals surface area contributed by atoms with Crippen LogP contribution in [0.15, 0.2) is 30.3 Å². The smallest absolute Gasteiger partial charge is 0.411 e. The van der Waals surface area contributed by atoms with Crippen molar-refractivity contribution in [2.24, 2.45) is 0 Å². The van der Waals surface area contributed by atoms with Gasteiger partial charge in [-0.05, 0) is 39.2 Å². The first kappa shape index (κ1) is 16.7. The molecule has 2 amide bonds. The Bertz CT molecular complexity index is 796. The highest BCUT2D eigenvalue weighted by Crippen LogP contribution is 2.40. The molecule has 2 fully saturated rings. The third-order valence-electron chi connectivity index (χ3n) is 5.13. The molecule has 1 aromatic rings. The first-order chi connectivity index (χ1) is 14.4. The van der Waals surface area contributed by atoms with E-state index in [0.717, 1.165) is 5.56 Å². The molecule has 7 nitrogen and oxygen atoms in total. The van der Waals surface area contributed by atoms with Gasteiger partial charge in [-0.3, -0.25) is 4.90 Å². The van der Waals surface area contributed by atoms with Gasteiger partial charge < -0.3 is 19.1 Å². The van der Waals surface area contributed by atoms with Crippen molar-refractivity contribution in [2.75, 3.05) is 26.7 Å². The van der Waals surface area contributed by atoms with Crippen LogP contribution in [-0.4, -0.2) is 65.9 Å². The number of ether oxygens (including phenoxy) is 3. The van der Waals surface area contributed by atoms with E-state index < -0.39 is 30.4 Å². The maximum Gasteiger partial charge on any atom is 0.411 e. The van der Waals surface area contributed by atoms with Crippen molar-refractivity contribution in [1.82, 2.24) is 9.80 Å². The molecule has 3 rings (SSSR count). The predicted octanol–water partition coefficient (Wildman–Crippen LogP) is 3.42. The van der Waals surface area contributed by atoms with Crippen molar-refractivity contribution in [3.05, 3.63) is 35.9 Å². The molecule has 28 heavy (non-hydrogen) atoms. The van der Waals surface area contributed by atoms with Gasteiger partial charge in [-0.1, -0.05) is 30.3 Å². The number of rotatable bonds is 4. The van der Waals surface area contributed by atoms with E-state index in [4.69, 9.17) is 18.3 Å². The Labute approximate surface area is 170 Å². The molecule has 2 saturated heterocycles. The highest BCUT2D eigenvalue weighted by Gasteiger charge is 2.55. The van der Waals surface area contributed by atoms with Crippen molar-refractivity contribution in [3.63, 3.8) is 0 Å². The Morgan fingerprint density at radius 2 is 2.00 bits per heavy atom. The number of carbonyl (C=O) groups excluding carboxylic acids is 2. The molecule has 2 aliphatic rings. The maximum absolute atomic E-state index is 13.0. The van der Waals surface area contributed by atoms with Gasteiger partial charge in [-0.25, -0.2) is 9.59 Å². The van der Waals surface area contributed by atoms with Crippen LogP contribution in [0.4, 0.5) is 9.59 Å². The number of hydrogen-bond donors (Lipinski definition) is 0. The molecule has 154 valence electrons. The molecule has 0 spiro atoms. The van der Waals surface area contributed by atoms with Gasteiger partial charge in [0.2, 0.25) is 0 Å². The number of piperazine rings is 1. The van der Waals surface area contributed by atoms with Crippen LogP contribution in [0, 0.1) is 0 Å². The molecule has 0 saturated carbocycles. The molecule has 0 aliphatic carbocycles. The van der Waals surface area contributed by atoms with Crippen LogP contribution in [0.25, 0.3) is 0 Å². The van der Waals surface area contributed by atoms with E-state index >= 15 is 0 Å². The number of fused-ring (bicyclic) bond motifs is 2. The van der Waals surface area contributed by atoms with Gasteiger partial charge in [-0.15, -0.1) is 0 Å². The van der Waals surface area contributed by atoms with Crippen LogP contribution in [0.2, 0.25) is 0 Å². The summed E-state index contributed by atoms with van der Waals surface area (Å²) in [6, 6.07) is 9.04. The minimum atomic E-state index is -2.61. The lowest BCUT2D eigenvalue weighted by molar-refractivity contribution is -0.0547. The van der Waals surface area contributed by atoms with Crippen LogP contribution in [-0.2, 0) is 20.8 Å². The molecule has 2 aliphatic heterocycles. The normalized spacial score (nSPS) is 26.2. The third-order valence-corrected chi connectivity index (χ3v) is 5.13. The van der Waals surface area contributed by atoms with Crippen LogP contribution >= 0.6 is 0 Å². The van der Waals surface area contributed by atoms with E-state index in [9.17, 15) is 9.59 Å². The van der Waals surface area contributed by atoms with E-state index in [1.54, 1.807) is 25.7 Å². The summed E-state index contributed by atoms with van der Waals surface area (Å²) in [6.07, 6.45) is 0.0981. The number of carbonyl (C=O) groups is 2. The van der Waals surface area contributed by atoms with Gasteiger partial charge in [-0.2, -0.15) is 0 Å². The highest BCUT2D eigenvalue weighted by molar-refractivity contribution is 5.73. The third kappa shape index (κ3) is 4.41. The minimum Gasteiger partial charge on any atom is -0.445 e. The number of amides is 2. The fourth-order valence-corrected chi connectivity index (χ4v) is 4.00. The minimum absolute atomic E-state index is 0.118. The fourth-order valence-electron chi connectivity index (χ4n) is 4.00. The summed E-state index contributed by atoms with van der Waals surface area (Å²) in [7, 11) is -2.61. The SMILES string of the molecule is [2H]C([2H])([2H])OC[C@@]12CC[C@@H](CN(C(=O)OCc3ccccc3)C1)N2C(=O)OC(C)(C)C. The van der Waals surface area contributed by atoms with Gasteiger partial charge in [0.25, 0.3) is 0 Å². The van der Waals surface area contributed by atoms with E-state index in [1.807, 2.05) is 30.3 Å². The summed E-state index contributed by atoms with van der Waals surface area (Å²) in [5, 5.41) is 0. The summed E-state index contributed by atoms with van der Waals surface area (Å²) >= 11 is 0. The number of benzene rings is 1. The van der Waals surface area contributed by atoms with Crippen molar-refractivity contribution in [2.45, 2.75) is 57.4 Å².